The molecule has 1 aliphatic heterocycles. The molecular formula is C11H14BrFN2. The van der Waals surface area contributed by atoms with Crippen LogP contribution in [0.4, 0.5) is 10.1 Å². The second-order valence-corrected chi connectivity index (χ2v) is 4.69. The van der Waals surface area contributed by atoms with Crippen molar-refractivity contribution in [3.8, 4) is 0 Å². The number of rotatable bonds is 2. The van der Waals surface area contributed by atoms with Crippen LogP contribution in [-0.2, 0) is 6.54 Å². The molecule has 0 fully saturated rings. The molecular weight excluding hydrogens is 259 g/mol. The van der Waals surface area contributed by atoms with E-state index in [1.54, 1.807) is 6.07 Å². The lowest BCUT2D eigenvalue weighted by Gasteiger charge is -2.26. The molecule has 1 aliphatic rings. The number of halogens is 2. The van der Waals surface area contributed by atoms with E-state index in [4.69, 9.17) is 0 Å². The van der Waals surface area contributed by atoms with Crippen LogP contribution in [0, 0.1) is 5.82 Å². The van der Waals surface area contributed by atoms with Gasteiger partial charge in [0.2, 0.25) is 0 Å². The third-order valence-corrected chi connectivity index (χ3v) is 3.25. The molecule has 0 radical (unpaired) electrons. The van der Waals surface area contributed by atoms with Gasteiger partial charge in [-0.15, -0.1) is 0 Å². The number of anilines is 1. The lowest BCUT2D eigenvalue weighted by molar-refractivity contribution is 0.323. The minimum absolute atomic E-state index is 0.190. The van der Waals surface area contributed by atoms with E-state index in [0.717, 1.165) is 25.2 Å². The van der Waals surface area contributed by atoms with Crippen LogP contribution < -0.4 is 5.01 Å². The van der Waals surface area contributed by atoms with Crippen molar-refractivity contribution in [1.82, 2.24) is 5.01 Å². The smallest absolute Gasteiger partial charge is 0.139 e. The summed E-state index contributed by atoms with van der Waals surface area (Å²) in [6.07, 6.45) is 1.06. The zero-order valence-electron chi connectivity index (χ0n) is 8.93. The highest BCUT2D eigenvalue weighted by Crippen LogP contribution is 2.34. The highest BCUT2D eigenvalue weighted by Gasteiger charge is 2.24. The minimum Gasteiger partial charge on any atom is -0.305 e. The Kier molecular flexibility index (Phi) is 2.98. The summed E-state index contributed by atoms with van der Waals surface area (Å²) >= 11 is 3.22. The highest BCUT2D eigenvalue weighted by molar-refractivity contribution is 9.10. The summed E-state index contributed by atoms with van der Waals surface area (Å²) in [5.41, 5.74) is 2.18. The second kappa shape index (κ2) is 4.10. The molecule has 2 nitrogen and oxygen atoms in total. The van der Waals surface area contributed by atoms with Crippen LogP contribution >= 0.6 is 15.9 Å². The Balaban J connectivity index is 2.40. The molecule has 0 saturated carbocycles. The fourth-order valence-electron chi connectivity index (χ4n) is 1.96. The minimum atomic E-state index is -0.190. The Bertz CT molecular complexity index is 381. The zero-order chi connectivity index (χ0) is 11.0. The van der Waals surface area contributed by atoms with Gasteiger partial charge in [-0.2, -0.15) is 0 Å². The molecule has 0 spiro atoms. The summed E-state index contributed by atoms with van der Waals surface area (Å²) in [7, 11) is 2.03. The molecule has 0 amide bonds. The molecule has 4 heteroatoms. The van der Waals surface area contributed by atoms with Gasteiger partial charge in [0.25, 0.3) is 0 Å². The molecule has 15 heavy (non-hydrogen) atoms. The SMILES string of the molecule is CCCN1c2cc(F)c(Br)cc2CN1C. The number of benzene rings is 1. The number of fused-ring (bicyclic) bond motifs is 1. The van der Waals surface area contributed by atoms with Gasteiger partial charge in [0.1, 0.15) is 5.82 Å². The maximum atomic E-state index is 13.4. The van der Waals surface area contributed by atoms with E-state index in [9.17, 15) is 4.39 Å². The zero-order valence-corrected chi connectivity index (χ0v) is 10.5. The number of hydrogen-bond acceptors (Lipinski definition) is 2. The summed E-state index contributed by atoms with van der Waals surface area (Å²) in [6, 6.07) is 3.48. The number of hydrazine groups is 1. The van der Waals surface area contributed by atoms with Crippen molar-refractivity contribution < 1.29 is 4.39 Å². The van der Waals surface area contributed by atoms with Gasteiger partial charge in [0.05, 0.1) is 10.2 Å². The van der Waals surface area contributed by atoms with E-state index >= 15 is 0 Å². The lowest BCUT2D eigenvalue weighted by Crippen LogP contribution is -2.34. The molecule has 0 saturated heterocycles. The van der Waals surface area contributed by atoms with Gasteiger partial charge in [-0.05, 0) is 34.0 Å². The van der Waals surface area contributed by atoms with Crippen LogP contribution in [0.2, 0.25) is 0 Å². The Labute approximate surface area is 97.8 Å². The van der Waals surface area contributed by atoms with Crippen molar-refractivity contribution >= 4 is 21.6 Å². The standard InChI is InChI=1S/C11H14BrFN2/c1-3-4-15-11-6-10(13)9(12)5-8(11)7-14(15)2/h5-6H,3-4,7H2,1-2H3. The first-order valence-corrected chi connectivity index (χ1v) is 5.89. The van der Waals surface area contributed by atoms with Crippen molar-refractivity contribution in [3.63, 3.8) is 0 Å². The first-order chi connectivity index (χ1) is 7.13. The summed E-state index contributed by atoms with van der Waals surface area (Å²) in [5.74, 6) is -0.190. The van der Waals surface area contributed by atoms with Crippen molar-refractivity contribution in [2.24, 2.45) is 0 Å². The van der Waals surface area contributed by atoms with Crippen LogP contribution in [0.5, 0.6) is 0 Å². The summed E-state index contributed by atoms with van der Waals surface area (Å²) in [4.78, 5) is 0. The van der Waals surface area contributed by atoms with Crippen molar-refractivity contribution in [1.29, 1.82) is 0 Å². The predicted molar refractivity (Wildman–Crippen MR) is 63.2 cm³/mol. The normalized spacial score (nSPS) is 15.9. The highest BCUT2D eigenvalue weighted by atomic mass is 79.9. The third kappa shape index (κ3) is 1.88. The molecule has 0 aromatic heterocycles. The molecule has 1 aromatic carbocycles. The van der Waals surface area contributed by atoms with Gasteiger partial charge in [0.15, 0.2) is 0 Å². The van der Waals surface area contributed by atoms with Gasteiger partial charge >= 0.3 is 0 Å². The van der Waals surface area contributed by atoms with Crippen LogP contribution in [0.3, 0.4) is 0 Å². The van der Waals surface area contributed by atoms with Crippen LogP contribution in [0.25, 0.3) is 0 Å². The molecule has 82 valence electrons. The summed E-state index contributed by atoms with van der Waals surface area (Å²) in [6.45, 7) is 3.92. The van der Waals surface area contributed by atoms with Gasteiger partial charge in [-0.1, -0.05) is 6.92 Å². The van der Waals surface area contributed by atoms with Gasteiger partial charge in [0, 0.05) is 26.2 Å². The summed E-state index contributed by atoms with van der Waals surface area (Å²) in [5, 5.41) is 4.25. The van der Waals surface area contributed by atoms with E-state index in [1.807, 2.05) is 13.1 Å². The quantitative estimate of drug-likeness (QED) is 0.816. The molecule has 0 bridgehead atoms. The molecule has 0 aliphatic carbocycles. The largest absolute Gasteiger partial charge is 0.305 e. The molecule has 1 heterocycles. The molecule has 0 unspecified atom stereocenters. The van der Waals surface area contributed by atoms with Crippen molar-refractivity contribution in [3.05, 3.63) is 28.0 Å². The maximum absolute atomic E-state index is 13.4. The second-order valence-electron chi connectivity index (χ2n) is 3.83. The fraction of sp³-hybridized carbons (Fsp3) is 0.455. The average molecular weight is 273 g/mol. The molecule has 0 N–H and O–H groups in total. The molecule has 1 aromatic rings. The first kappa shape index (κ1) is 10.9. The first-order valence-electron chi connectivity index (χ1n) is 5.10. The third-order valence-electron chi connectivity index (χ3n) is 2.65. The summed E-state index contributed by atoms with van der Waals surface area (Å²) < 4.78 is 14.0. The van der Waals surface area contributed by atoms with E-state index < -0.39 is 0 Å². The van der Waals surface area contributed by atoms with Gasteiger partial charge in [-0.25, -0.2) is 9.40 Å². The van der Waals surface area contributed by atoms with E-state index in [-0.39, 0.29) is 5.82 Å². The van der Waals surface area contributed by atoms with Crippen LogP contribution in [0.15, 0.2) is 16.6 Å². The van der Waals surface area contributed by atoms with Crippen LogP contribution in [-0.4, -0.2) is 18.6 Å². The average Bonchev–Trinajstić information content (AvgIpc) is 2.46. The van der Waals surface area contributed by atoms with E-state index in [0.29, 0.717) is 4.47 Å². The fourth-order valence-corrected chi connectivity index (χ4v) is 2.35. The lowest BCUT2D eigenvalue weighted by atomic mass is 10.2. The van der Waals surface area contributed by atoms with Crippen LogP contribution in [0.1, 0.15) is 18.9 Å². The Morgan fingerprint density at radius 1 is 1.47 bits per heavy atom. The Hall–Kier alpha value is -0.610. The van der Waals surface area contributed by atoms with E-state index in [1.165, 1.54) is 5.56 Å². The number of nitrogens with zero attached hydrogens (tertiary/aromatic N) is 2. The van der Waals surface area contributed by atoms with Crippen molar-refractivity contribution in [2.75, 3.05) is 18.6 Å². The van der Waals surface area contributed by atoms with Crippen molar-refractivity contribution in [2.45, 2.75) is 19.9 Å². The molecule has 2 rings (SSSR count). The molecule has 0 atom stereocenters. The Morgan fingerprint density at radius 3 is 2.87 bits per heavy atom. The predicted octanol–water partition coefficient (Wildman–Crippen LogP) is 3.17. The van der Waals surface area contributed by atoms with Gasteiger partial charge in [-0.3, -0.25) is 0 Å². The monoisotopic (exact) mass is 272 g/mol. The number of hydrogen-bond donors (Lipinski definition) is 0. The topological polar surface area (TPSA) is 6.48 Å². The van der Waals surface area contributed by atoms with E-state index in [2.05, 4.69) is 32.9 Å². The van der Waals surface area contributed by atoms with Gasteiger partial charge < -0.3 is 5.01 Å². The Morgan fingerprint density at radius 2 is 2.20 bits per heavy atom. The maximum Gasteiger partial charge on any atom is 0.139 e.